The third-order valence-electron chi connectivity index (χ3n) is 6.80. The van der Waals surface area contributed by atoms with E-state index in [1.165, 1.54) is 21.6 Å². The molecule has 0 bridgehead atoms. The molecule has 1 saturated heterocycles. The molecule has 10 nitrogen and oxygen atoms in total. The molecule has 1 saturated carbocycles. The lowest BCUT2D eigenvalue weighted by Gasteiger charge is -2.27. The number of ketones is 1. The number of halogens is 2. The molecule has 0 radical (unpaired) electrons. The first kappa shape index (κ1) is 23.3. The molecule has 1 aliphatic carbocycles. The Hall–Kier alpha value is -3.41. The number of nitrogens with one attached hydrogen (secondary N) is 1. The van der Waals surface area contributed by atoms with Gasteiger partial charge in [0.2, 0.25) is 0 Å². The van der Waals surface area contributed by atoms with Crippen LogP contribution < -0.4 is 10.2 Å². The molecule has 1 aliphatic heterocycles. The van der Waals surface area contributed by atoms with Gasteiger partial charge >= 0.3 is 0 Å². The van der Waals surface area contributed by atoms with Crippen LogP contribution in [0.5, 0.6) is 0 Å². The quantitative estimate of drug-likeness (QED) is 0.569. The smallest absolute Gasteiger partial charge is 0.284 e. The number of carbonyl (C=O) groups is 2. The van der Waals surface area contributed by atoms with Crippen molar-refractivity contribution in [3.8, 4) is 0 Å². The summed E-state index contributed by atoms with van der Waals surface area (Å²) in [5, 5.41) is 10.9. The fourth-order valence-electron chi connectivity index (χ4n) is 4.77. The molecular weight excluding hydrogens is 460 g/mol. The second-order valence-corrected chi connectivity index (χ2v) is 8.99. The maximum absolute atomic E-state index is 13.8. The molecule has 0 spiro atoms. The number of fused-ring (bicyclic) bond motifs is 1. The van der Waals surface area contributed by atoms with E-state index in [9.17, 15) is 18.4 Å². The molecule has 3 aromatic heterocycles. The summed E-state index contributed by atoms with van der Waals surface area (Å²) >= 11 is 0. The van der Waals surface area contributed by atoms with E-state index in [1.807, 2.05) is 6.07 Å². The summed E-state index contributed by atoms with van der Waals surface area (Å²) in [6.07, 6.45) is 4.43. The zero-order chi connectivity index (χ0) is 24.5. The minimum Gasteiger partial charge on any atom is -0.378 e. The average Bonchev–Trinajstić information content (AvgIpc) is 3.49. The highest BCUT2D eigenvalue weighted by atomic mass is 19.3. The van der Waals surface area contributed by atoms with Crippen LogP contribution in [-0.4, -0.2) is 62.4 Å². The Balaban J connectivity index is 1.37. The van der Waals surface area contributed by atoms with Crippen LogP contribution in [0.4, 0.5) is 20.3 Å². The predicted molar refractivity (Wildman–Crippen MR) is 123 cm³/mol. The number of rotatable bonds is 6. The molecule has 35 heavy (non-hydrogen) atoms. The number of aromatic nitrogens is 5. The lowest BCUT2D eigenvalue weighted by molar-refractivity contribution is -0.121. The lowest BCUT2D eigenvalue weighted by Crippen LogP contribution is -2.36. The normalized spacial score (nSPS) is 21.0. The Morgan fingerprint density at radius 2 is 1.91 bits per heavy atom. The van der Waals surface area contributed by atoms with Gasteiger partial charge < -0.3 is 15.0 Å². The number of morpholine rings is 1. The summed E-state index contributed by atoms with van der Waals surface area (Å²) in [6.45, 7) is 4.14. The molecule has 1 amide bonds. The minimum atomic E-state index is -2.85. The van der Waals surface area contributed by atoms with Crippen LogP contribution in [0.25, 0.3) is 5.65 Å². The number of hydrogen-bond donors (Lipinski definition) is 1. The summed E-state index contributed by atoms with van der Waals surface area (Å²) < 4.78 is 35.9. The fourth-order valence-corrected chi connectivity index (χ4v) is 4.77. The van der Waals surface area contributed by atoms with Crippen molar-refractivity contribution in [3.05, 3.63) is 35.9 Å². The maximum Gasteiger partial charge on any atom is 0.284 e. The summed E-state index contributed by atoms with van der Waals surface area (Å²) in [5.41, 5.74) is -0.0112. The molecule has 0 aromatic carbocycles. The van der Waals surface area contributed by atoms with E-state index in [-0.39, 0.29) is 29.0 Å². The Bertz CT molecular complexity index is 1230. The summed E-state index contributed by atoms with van der Waals surface area (Å²) in [6, 6.07) is 1.72. The third-order valence-corrected chi connectivity index (χ3v) is 6.80. The van der Waals surface area contributed by atoms with E-state index >= 15 is 0 Å². The van der Waals surface area contributed by atoms with Crippen LogP contribution in [0.15, 0.2) is 24.7 Å². The topological polar surface area (TPSA) is 107 Å². The molecule has 0 atom stereocenters. The van der Waals surface area contributed by atoms with E-state index in [2.05, 4.69) is 25.4 Å². The fraction of sp³-hybridized carbons (Fsp3) is 0.522. The molecular formula is C23H27F2N7O3. The summed E-state index contributed by atoms with van der Waals surface area (Å²) in [4.78, 5) is 31.4. The Labute approximate surface area is 200 Å². The van der Waals surface area contributed by atoms with Gasteiger partial charge in [-0.15, -0.1) is 0 Å². The number of Topliss-reactive ketones (excluding diaryl/α,β-unsaturated/α-hetero) is 1. The van der Waals surface area contributed by atoms with Gasteiger partial charge in [-0.05, 0) is 38.7 Å². The number of amides is 1. The van der Waals surface area contributed by atoms with Crippen LogP contribution in [0.1, 0.15) is 61.1 Å². The molecule has 2 aliphatic rings. The summed E-state index contributed by atoms with van der Waals surface area (Å²) in [5.74, 6) is 0.274. The maximum atomic E-state index is 13.8. The highest BCUT2D eigenvalue weighted by molar-refractivity contribution is 6.08. The van der Waals surface area contributed by atoms with E-state index in [0.717, 1.165) is 0 Å². The van der Waals surface area contributed by atoms with Crippen LogP contribution >= 0.6 is 0 Å². The zero-order valence-electron chi connectivity index (χ0n) is 19.4. The Morgan fingerprint density at radius 3 is 2.60 bits per heavy atom. The van der Waals surface area contributed by atoms with Crippen LogP contribution in [0.2, 0.25) is 0 Å². The molecule has 3 aromatic rings. The Morgan fingerprint density at radius 1 is 1.17 bits per heavy atom. The van der Waals surface area contributed by atoms with Crippen molar-refractivity contribution < 1.29 is 23.1 Å². The van der Waals surface area contributed by atoms with E-state index in [1.54, 1.807) is 13.1 Å². The van der Waals surface area contributed by atoms with Crippen molar-refractivity contribution in [1.29, 1.82) is 0 Å². The molecule has 0 unspecified atom stereocenters. The Kier molecular flexibility index (Phi) is 6.46. The standard InChI is InChI=1S/C23H27F2N7O3/c1-14(33)15-2-4-16(5-3-15)32-13-18(20(29-32)21(24)25)27-23(34)17-12-26-31-7-6-19(28-22(17)31)30-8-10-35-11-9-30/h6-7,12-13,15-16,21H,2-5,8-11H2,1H3,(H,27,34). The first-order valence-corrected chi connectivity index (χ1v) is 11.8. The molecule has 4 heterocycles. The van der Waals surface area contributed by atoms with Crippen molar-refractivity contribution in [3.63, 3.8) is 0 Å². The van der Waals surface area contributed by atoms with Crippen molar-refractivity contribution in [2.75, 3.05) is 36.5 Å². The second kappa shape index (κ2) is 9.68. The van der Waals surface area contributed by atoms with Crippen molar-refractivity contribution in [2.24, 2.45) is 5.92 Å². The van der Waals surface area contributed by atoms with Gasteiger partial charge in [0.25, 0.3) is 12.3 Å². The van der Waals surface area contributed by atoms with Gasteiger partial charge in [-0.2, -0.15) is 10.2 Å². The van der Waals surface area contributed by atoms with Gasteiger partial charge in [0.1, 0.15) is 17.2 Å². The largest absolute Gasteiger partial charge is 0.378 e. The number of anilines is 2. The molecule has 2 fully saturated rings. The van der Waals surface area contributed by atoms with E-state index < -0.39 is 18.0 Å². The zero-order valence-corrected chi connectivity index (χ0v) is 19.4. The molecule has 1 N–H and O–H groups in total. The second-order valence-electron chi connectivity index (χ2n) is 8.99. The van der Waals surface area contributed by atoms with Crippen molar-refractivity contribution >= 4 is 28.8 Å². The van der Waals surface area contributed by atoms with E-state index in [0.29, 0.717) is 63.5 Å². The molecule has 186 valence electrons. The first-order valence-electron chi connectivity index (χ1n) is 11.8. The number of nitrogens with zero attached hydrogens (tertiary/aromatic N) is 6. The highest BCUT2D eigenvalue weighted by Crippen LogP contribution is 2.35. The summed E-state index contributed by atoms with van der Waals surface area (Å²) in [7, 11) is 0. The van der Waals surface area contributed by atoms with Gasteiger partial charge in [-0.3, -0.25) is 14.3 Å². The molecule has 12 heteroatoms. The van der Waals surface area contributed by atoms with Gasteiger partial charge in [-0.1, -0.05) is 0 Å². The predicted octanol–water partition coefficient (Wildman–Crippen LogP) is 3.27. The average molecular weight is 488 g/mol. The van der Waals surface area contributed by atoms with Gasteiger partial charge in [-0.25, -0.2) is 18.3 Å². The number of carbonyl (C=O) groups excluding carboxylic acids is 2. The van der Waals surface area contributed by atoms with Crippen LogP contribution in [0.3, 0.4) is 0 Å². The third kappa shape index (κ3) is 4.75. The van der Waals surface area contributed by atoms with E-state index in [4.69, 9.17) is 4.74 Å². The van der Waals surface area contributed by atoms with Crippen LogP contribution in [0, 0.1) is 5.92 Å². The minimum absolute atomic E-state index is 0.0148. The van der Waals surface area contributed by atoms with Gasteiger partial charge in [0, 0.05) is 31.4 Å². The van der Waals surface area contributed by atoms with Crippen molar-refractivity contribution in [2.45, 2.75) is 45.1 Å². The van der Waals surface area contributed by atoms with Gasteiger partial charge in [0.15, 0.2) is 11.3 Å². The monoisotopic (exact) mass is 487 g/mol. The van der Waals surface area contributed by atoms with Crippen LogP contribution in [-0.2, 0) is 9.53 Å². The number of hydrogen-bond acceptors (Lipinski definition) is 7. The van der Waals surface area contributed by atoms with Crippen molar-refractivity contribution in [1.82, 2.24) is 24.4 Å². The molecule has 5 rings (SSSR count). The first-order chi connectivity index (χ1) is 16.9. The van der Waals surface area contributed by atoms with Gasteiger partial charge in [0.05, 0.1) is 31.1 Å². The lowest BCUT2D eigenvalue weighted by atomic mass is 9.84. The number of ether oxygens (including phenoxy) is 1. The highest BCUT2D eigenvalue weighted by Gasteiger charge is 2.29. The SMILES string of the molecule is CC(=O)C1CCC(n2cc(NC(=O)c3cnn4ccc(N5CCOCC5)nc34)c(C(F)F)n2)CC1. The number of alkyl halides is 2.